The first kappa shape index (κ1) is 22.5. The van der Waals surface area contributed by atoms with E-state index in [0.717, 1.165) is 37.4 Å². The van der Waals surface area contributed by atoms with Crippen LogP contribution in [0, 0.1) is 5.92 Å². The normalized spacial score (nSPS) is 19.8. The molecule has 1 aromatic heterocycles. The smallest absolute Gasteiger partial charge is 0.308 e. The lowest BCUT2D eigenvalue weighted by Gasteiger charge is -2.29. The van der Waals surface area contributed by atoms with Crippen LogP contribution >= 0.6 is 24.0 Å². The molecule has 1 aromatic rings. The highest BCUT2D eigenvalue weighted by Gasteiger charge is 2.27. The summed E-state index contributed by atoms with van der Waals surface area (Å²) < 4.78 is 10.7. The molecule has 0 radical (unpaired) electrons. The van der Waals surface area contributed by atoms with Crippen LogP contribution in [0.4, 0.5) is 0 Å². The molecule has 0 amide bonds. The molecule has 0 saturated heterocycles. The van der Waals surface area contributed by atoms with E-state index in [4.69, 9.17) is 9.47 Å². The molecule has 1 heterocycles. The Labute approximate surface area is 172 Å². The van der Waals surface area contributed by atoms with E-state index in [-0.39, 0.29) is 35.9 Å². The lowest BCUT2D eigenvalue weighted by molar-refractivity contribution is -0.149. The highest BCUT2D eigenvalue weighted by atomic mass is 127. The number of aromatic nitrogens is 1. The Morgan fingerprint density at radius 3 is 2.73 bits per heavy atom. The van der Waals surface area contributed by atoms with Crippen molar-refractivity contribution in [2.24, 2.45) is 10.9 Å². The van der Waals surface area contributed by atoms with Gasteiger partial charge in [0.25, 0.3) is 0 Å². The van der Waals surface area contributed by atoms with Gasteiger partial charge in [-0.3, -0.25) is 14.8 Å². The van der Waals surface area contributed by atoms with Gasteiger partial charge < -0.3 is 20.1 Å². The van der Waals surface area contributed by atoms with E-state index in [0.29, 0.717) is 25.8 Å². The summed E-state index contributed by atoms with van der Waals surface area (Å²) >= 11 is 0. The van der Waals surface area contributed by atoms with Crippen molar-refractivity contribution in [2.45, 2.75) is 38.6 Å². The molecule has 1 saturated carbocycles. The number of pyridine rings is 1. The maximum atomic E-state index is 11.8. The zero-order valence-electron chi connectivity index (χ0n) is 15.4. The molecule has 7 nitrogen and oxygen atoms in total. The van der Waals surface area contributed by atoms with Crippen molar-refractivity contribution in [2.75, 3.05) is 26.8 Å². The van der Waals surface area contributed by atoms with Gasteiger partial charge in [0, 0.05) is 19.3 Å². The van der Waals surface area contributed by atoms with Crippen molar-refractivity contribution in [1.82, 2.24) is 15.6 Å². The predicted octanol–water partition coefficient (Wildman–Crippen LogP) is 2.37. The van der Waals surface area contributed by atoms with Crippen LogP contribution in [0.1, 0.15) is 32.6 Å². The van der Waals surface area contributed by atoms with E-state index < -0.39 is 0 Å². The number of nitrogens with zero attached hydrogens (tertiary/aromatic N) is 2. The number of guanidine groups is 1. The van der Waals surface area contributed by atoms with Gasteiger partial charge in [-0.05, 0) is 44.7 Å². The average Bonchev–Trinajstić information content (AvgIpc) is 2.65. The second-order valence-electron chi connectivity index (χ2n) is 5.98. The van der Waals surface area contributed by atoms with Crippen LogP contribution in [-0.2, 0) is 9.53 Å². The highest BCUT2D eigenvalue weighted by molar-refractivity contribution is 14.0. The Balaban J connectivity index is 0.00000338. The number of rotatable bonds is 7. The van der Waals surface area contributed by atoms with Gasteiger partial charge in [-0.2, -0.15) is 0 Å². The minimum Gasteiger partial charge on any atom is -0.490 e. The first-order valence-electron chi connectivity index (χ1n) is 8.89. The Morgan fingerprint density at radius 2 is 2.12 bits per heavy atom. The van der Waals surface area contributed by atoms with Crippen molar-refractivity contribution >= 4 is 35.9 Å². The number of carbonyl (C=O) groups is 1. The van der Waals surface area contributed by atoms with Crippen molar-refractivity contribution in [3.63, 3.8) is 0 Å². The number of esters is 1. The Bertz CT molecular complexity index is 549. The van der Waals surface area contributed by atoms with Gasteiger partial charge >= 0.3 is 5.97 Å². The van der Waals surface area contributed by atoms with Crippen LogP contribution in [-0.4, -0.2) is 49.8 Å². The standard InChI is InChI=1S/C18H28N4O3.HI/c1-3-24-17(23)14-6-8-15(9-7-14)22-18(19-2)21-11-12-25-16-5-4-10-20-13-16;/h4-5,10,13-15H,3,6-9,11-12H2,1-2H3,(H2,19,21,22);1H. The van der Waals surface area contributed by atoms with Crippen LogP contribution in [0.3, 0.4) is 0 Å². The fourth-order valence-corrected chi connectivity index (χ4v) is 2.89. The first-order chi connectivity index (χ1) is 12.2. The molecule has 0 spiro atoms. The molecular formula is C18H29IN4O3. The van der Waals surface area contributed by atoms with Gasteiger partial charge in [0.1, 0.15) is 12.4 Å². The minimum absolute atomic E-state index is 0. The molecule has 0 aromatic carbocycles. The number of carbonyl (C=O) groups excluding carboxylic acids is 1. The molecule has 0 aliphatic heterocycles. The SMILES string of the molecule is CCOC(=O)C1CCC(NC(=NC)NCCOc2cccnc2)CC1.I. The molecule has 1 fully saturated rings. The molecule has 8 heteroatoms. The summed E-state index contributed by atoms with van der Waals surface area (Å²) in [6, 6.07) is 4.05. The summed E-state index contributed by atoms with van der Waals surface area (Å²) in [7, 11) is 1.75. The number of halogens is 1. The average molecular weight is 476 g/mol. The third-order valence-corrected chi connectivity index (χ3v) is 4.21. The molecule has 0 unspecified atom stereocenters. The van der Waals surface area contributed by atoms with E-state index in [1.807, 2.05) is 19.1 Å². The molecule has 146 valence electrons. The maximum absolute atomic E-state index is 11.8. The van der Waals surface area contributed by atoms with Gasteiger partial charge in [-0.25, -0.2) is 0 Å². The van der Waals surface area contributed by atoms with E-state index in [2.05, 4.69) is 20.6 Å². The number of ether oxygens (including phenoxy) is 2. The lowest BCUT2D eigenvalue weighted by Crippen LogP contribution is -2.46. The molecular weight excluding hydrogens is 447 g/mol. The Kier molecular flexibility index (Phi) is 11.0. The van der Waals surface area contributed by atoms with Gasteiger partial charge in [-0.1, -0.05) is 0 Å². The second kappa shape index (κ2) is 12.7. The Morgan fingerprint density at radius 1 is 1.35 bits per heavy atom. The van der Waals surface area contributed by atoms with Gasteiger partial charge in [0.15, 0.2) is 5.96 Å². The lowest BCUT2D eigenvalue weighted by atomic mass is 9.86. The number of hydrogen-bond acceptors (Lipinski definition) is 5. The van der Waals surface area contributed by atoms with Gasteiger partial charge in [-0.15, -0.1) is 24.0 Å². The quantitative estimate of drug-likeness (QED) is 0.207. The van der Waals surface area contributed by atoms with Crippen molar-refractivity contribution < 1.29 is 14.3 Å². The fourth-order valence-electron chi connectivity index (χ4n) is 2.89. The molecule has 1 aliphatic rings. The monoisotopic (exact) mass is 476 g/mol. The summed E-state index contributed by atoms with van der Waals surface area (Å²) in [6.45, 7) is 3.47. The van der Waals surface area contributed by atoms with Gasteiger partial charge in [0.05, 0.1) is 25.3 Å². The predicted molar refractivity (Wildman–Crippen MR) is 112 cm³/mol. The van der Waals surface area contributed by atoms with E-state index in [9.17, 15) is 4.79 Å². The summed E-state index contributed by atoms with van der Waals surface area (Å²) in [4.78, 5) is 20.0. The Hall–Kier alpha value is -1.58. The maximum Gasteiger partial charge on any atom is 0.308 e. The molecule has 26 heavy (non-hydrogen) atoms. The van der Waals surface area contributed by atoms with Crippen molar-refractivity contribution in [1.29, 1.82) is 0 Å². The third-order valence-electron chi connectivity index (χ3n) is 4.21. The summed E-state index contributed by atoms with van der Waals surface area (Å²) in [6.07, 6.45) is 7.00. The van der Waals surface area contributed by atoms with Crippen LogP contribution < -0.4 is 15.4 Å². The van der Waals surface area contributed by atoms with Crippen LogP contribution in [0.25, 0.3) is 0 Å². The molecule has 2 N–H and O–H groups in total. The van der Waals surface area contributed by atoms with Crippen molar-refractivity contribution in [3.8, 4) is 5.75 Å². The number of aliphatic imine (C=N–C) groups is 1. The van der Waals surface area contributed by atoms with Crippen molar-refractivity contribution in [3.05, 3.63) is 24.5 Å². The topological polar surface area (TPSA) is 84.8 Å². The van der Waals surface area contributed by atoms with Crippen LogP contribution in [0.2, 0.25) is 0 Å². The molecule has 0 bridgehead atoms. The summed E-state index contributed by atoms with van der Waals surface area (Å²) in [5.41, 5.74) is 0. The highest BCUT2D eigenvalue weighted by Crippen LogP contribution is 2.25. The zero-order chi connectivity index (χ0) is 17.9. The zero-order valence-corrected chi connectivity index (χ0v) is 17.8. The molecule has 2 rings (SSSR count). The summed E-state index contributed by atoms with van der Waals surface area (Å²) in [5.74, 6) is 1.50. The largest absolute Gasteiger partial charge is 0.490 e. The first-order valence-corrected chi connectivity index (χ1v) is 8.89. The molecule has 1 aliphatic carbocycles. The molecule has 0 atom stereocenters. The minimum atomic E-state index is -0.0593. The number of hydrogen-bond donors (Lipinski definition) is 2. The van der Waals surface area contributed by atoms with Crippen LogP contribution in [0.5, 0.6) is 5.75 Å². The third kappa shape index (κ3) is 7.76. The second-order valence-corrected chi connectivity index (χ2v) is 5.98. The fraction of sp³-hybridized carbons (Fsp3) is 0.611. The van der Waals surface area contributed by atoms with E-state index in [1.165, 1.54) is 0 Å². The number of nitrogens with one attached hydrogen (secondary N) is 2. The van der Waals surface area contributed by atoms with E-state index >= 15 is 0 Å². The summed E-state index contributed by atoms with van der Waals surface area (Å²) in [5, 5.41) is 6.66. The van der Waals surface area contributed by atoms with Gasteiger partial charge in [0.2, 0.25) is 0 Å². The van der Waals surface area contributed by atoms with Crippen LogP contribution in [0.15, 0.2) is 29.5 Å². The van der Waals surface area contributed by atoms with E-state index in [1.54, 1.807) is 19.4 Å².